The van der Waals surface area contributed by atoms with Crippen molar-refractivity contribution in [3.8, 4) is 0 Å². The van der Waals surface area contributed by atoms with Crippen molar-refractivity contribution < 1.29 is 0 Å². The van der Waals surface area contributed by atoms with Crippen LogP contribution in [0.4, 0.5) is 0 Å². The van der Waals surface area contributed by atoms with E-state index < -0.39 is 8.07 Å². The Balaban J connectivity index is 0. The first kappa shape index (κ1) is 14.7. The SMILES string of the molecule is CCN(CC)CC.C[Si](C)(C)C. The summed E-state index contributed by atoms with van der Waals surface area (Å²) in [4.78, 5) is 2.38. The topological polar surface area (TPSA) is 3.24 Å². The van der Waals surface area contributed by atoms with Crippen LogP contribution in [0, 0.1) is 0 Å². The number of hydrogen-bond donors (Lipinski definition) is 0. The third-order valence-corrected chi connectivity index (χ3v) is 1.34. The molecule has 0 aromatic heterocycles. The maximum Gasteiger partial charge on any atom is 0.0411 e. The van der Waals surface area contributed by atoms with Crippen molar-refractivity contribution in [2.24, 2.45) is 0 Å². The van der Waals surface area contributed by atoms with Gasteiger partial charge in [-0.05, 0) is 19.6 Å². The Morgan fingerprint density at radius 1 is 0.750 bits per heavy atom. The molecule has 0 aromatic carbocycles. The highest BCUT2D eigenvalue weighted by Crippen LogP contribution is 1.94. The van der Waals surface area contributed by atoms with Gasteiger partial charge in [-0.2, -0.15) is 0 Å². The van der Waals surface area contributed by atoms with E-state index in [0.717, 1.165) is 0 Å². The zero-order valence-electron chi connectivity index (χ0n) is 10.1. The third-order valence-electron chi connectivity index (χ3n) is 1.34. The summed E-state index contributed by atoms with van der Waals surface area (Å²) >= 11 is 0. The van der Waals surface area contributed by atoms with E-state index in [1.54, 1.807) is 0 Å². The molecule has 76 valence electrons. The Morgan fingerprint density at radius 3 is 0.917 bits per heavy atom. The van der Waals surface area contributed by atoms with Crippen LogP contribution in [0.15, 0.2) is 0 Å². The second-order valence-electron chi connectivity index (χ2n) is 4.62. The highest BCUT2D eigenvalue weighted by atomic mass is 28.3. The minimum Gasteiger partial charge on any atom is -0.304 e. The van der Waals surface area contributed by atoms with E-state index in [4.69, 9.17) is 0 Å². The zero-order valence-corrected chi connectivity index (χ0v) is 11.1. The molecule has 0 rings (SSSR count). The summed E-state index contributed by atoms with van der Waals surface area (Å²) in [5.74, 6) is 0. The molecule has 0 spiro atoms. The van der Waals surface area contributed by atoms with E-state index in [-0.39, 0.29) is 0 Å². The second kappa shape index (κ2) is 7.81. The van der Waals surface area contributed by atoms with E-state index in [9.17, 15) is 0 Å². The molecule has 0 fully saturated rings. The molecule has 0 aliphatic rings. The van der Waals surface area contributed by atoms with Gasteiger partial charge in [-0.15, -0.1) is 0 Å². The van der Waals surface area contributed by atoms with Gasteiger partial charge in [0.15, 0.2) is 0 Å². The first-order chi connectivity index (χ1) is 5.35. The van der Waals surface area contributed by atoms with Gasteiger partial charge >= 0.3 is 0 Å². The van der Waals surface area contributed by atoms with Gasteiger partial charge in [0.2, 0.25) is 0 Å². The lowest BCUT2D eigenvalue weighted by molar-refractivity contribution is 0.321. The van der Waals surface area contributed by atoms with Gasteiger partial charge in [0.1, 0.15) is 0 Å². The lowest BCUT2D eigenvalue weighted by Crippen LogP contribution is -2.21. The first-order valence-corrected chi connectivity index (χ1v) is 9.07. The van der Waals surface area contributed by atoms with Crippen LogP contribution in [0.2, 0.25) is 26.2 Å². The normalized spacial score (nSPS) is 11.0. The Kier molecular flexibility index (Phi) is 9.56. The summed E-state index contributed by atoms with van der Waals surface area (Å²) < 4.78 is 0. The summed E-state index contributed by atoms with van der Waals surface area (Å²) in [5.41, 5.74) is 0. The van der Waals surface area contributed by atoms with Gasteiger partial charge in [-0.25, -0.2) is 0 Å². The highest BCUT2D eigenvalue weighted by Gasteiger charge is 1.99. The monoisotopic (exact) mass is 189 g/mol. The fraction of sp³-hybridized carbons (Fsp3) is 1.00. The predicted molar refractivity (Wildman–Crippen MR) is 62.7 cm³/mol. The van der Waals surface area contributed by atoms with Crippen molar-refractivity contribution in [1.82, 2.24) is 4.90 Å². The molecule has 0 saturated carbocycles. The molecular weight excluding hydrogens is 162 g/mol. The van der Waals surface area contributed by atoms with Gasteiger partial charge in [0.05, 0.1) is 0 Å². The smallest absolute Gasteiger partial charge is 0.0411 e. The molecule has 1 nitrogen and oxygen atoms in total. The molecule has 0 aliphatic carbocycles. The Morgan fingerprint density at radius 2 is 0.917 bits per heavy atom. The van der Waals surface area contributed by atoms with Gasteiger partial charge in [-0.1, -0.05) is 47.0 Å². The molecule has 0 N–H and O–H groups in total. The quantitative estimate of drug-likeness (QED) is 0.616. The van der Waals surface area contributed by atoms with Crippen molar-refractivity contribution in [2.45, 2.75) is 47.0 Å². The Hall–Kier alpha value is 0.177. The molecule has 12 heavy (non-hydrogen) atoms. The van der Waals surface area contributed by atoms with Crippen LogP contribution < -0.4 is 0 Å². The van der Waals surface area contributed by atoms with Crippen molar-refractivity contribution in [3.05, 3.63) is 0 Å². The number of rotatable bonds is 3. The predicted octanol–water partition coefficient (Wildman–Crippen LogP) is 3.30. The molecule has 0 bridgehead atoms. The standard InChI is InChI=1S/C6H15N.C4H12Si/c1-4-7(5-2)6-3;1-5(2,3)4/h4-6H2,1-3H3;1-4H3. The van der Waals surface area contributed by atoms with Crippen molar-refractivity contribution in [3.63, 3.8) is 0 Å². The lowest BCUT2D eigenvalue weighted by Gasteiger charge is -2.13. The fourth-order valence-corrected chi connectivity index (χ4v) is 0.671. The number of nitrogens with zero attached hydrogens (tertiary/aromatic N) is 1. The van der Waals surface area contributed by atoms with E-state index in [1.165, 1.54) is 19.6 Å². The number of hydrogen-bond acceptors (Lipinski definition) is 1. The molecule has 0 saturated heterocycles. The molecule has 0 aliphatic heterocycles. The van der Waals surface area contributed by atoms with Gasteiger partial charge < -0.3 is 4.90 Å². The summed E-state index contributed by atoms with van der Waals surface area (Å²) in [5, 5.41) is 0. The largest absolute Gasteiger partial charge is 0.304 e. The summed E-state index contributed by atoms with van der Waals surface area (Å²) in [6, 6.07) is 0. The maximum absolute atomic E-state index is 2.38. The van der Waals surface area contributed by atoms with Gasteiger partial charge in [0, 0.05) is 8.07 Å². The Bertz CT molecular complexity index is 70.8. The first-order valence-electron chi connectivity index (χ1n) is 5.07. The molecule has 0 atom stereocenters. The van der Waals surface area contributed by atoms with E-state index >= 15 is 0 Å². The minimum atomic E-state index is -0.611. The van der Waals surface area contributed by atoms with Crippen LogP contribution in [0.3, 0.4) is 0 Å². The average Bonchev–Trinajstić information content (AvgIpc) is 1.88. The minimum absolute atomic E-state index is 0.611. The summed E-state index contributed by atoms with van der Waals surface area (Å²) in [6.45, 7) is 19.4. The van der Waals surface area contributed by atoms with Gasteiger partial charge in [0.25, 0.3) is 0 Å². The highest BCUT2D eigenvalue weighted by molar-refractivity contribution is 6.74. The average molecular weight is 189 g/mol. The third kappa shape index (κ3) is 22.5. The summed E-state index contributed by atoms with van der Waals surface area (Å²) in [6.07, 6.45) is 0. The van der Waals surface area contributed by atoms with Crippen LogP contribution in [0.1, 0.15) is 20.8 Å². The van der Waals surface area contributed by atoms with Crippen molar-refractivity contribution in [1.29, 1.82) is 0 Å². The van der Waals surface area contributed by atoms with Crippen LogP contribution in [-0.2, 0) is 0 Å². The molecular formula is C10H27NSi. The molecule has 0 amide bonds. The van der Waals surface area contributed by atoms with E-state index in [1.807, 2.05) is 0 Å². The maximum atomic E-state index is 2.38. The molecule has 0 unspecified atom stereocenters. The molecule has 2 heteroatoms. The lowest BCUT2D eigenvalue weighted by atomic mass is 10.5. The van der Waals surface area contributed by atoms with E-state index in [0.29, 0.717) is 0 Å². The molecule has 0 aromatic rings. The van der Waals surface area contributed by atoms with E-state index in [2.05, 4.69) is 51.9 Å². The van der Waals surface area contributed by atoms with Crippen LogP contribution in [0.5, 0.6) is 0 Å². The van der Waals surface area contributed by atoms with Crippen molar-refractivity contribution >= 4 is 8.07 Å². The van der Waals surface area contributed by atoms with Gasteiger partial charge in [-0.3, -0.25) is 0 Å². The van der Waals surface area contributed by atoms with Crippen LogP contribution in [-0.4, -0.2) is 32.6 Å². The molecule has 0 heterocycles. The van der Waals surface area contributed by atoms with Crippen molar-refractivity contribution in [2.75, 3.05) is 19.6 Å². The summed E-state index contributed by atoms with van der Waals surface area (Å²) in [7, 11) is -0.611. The Labute approximate surface area is 80.2 Å². The second-order valence-corrected chi connectivity index (χ2v) is 10.6. The van der Waals surface area contributed by atoms with Crippen LogP contribution >= 0.6 is 0 Å². The zero-order chi connectivity index (χ0) is 10.2. The van der Waals surface area contributed by atoms with Crippen LogP contribution in [0.25, 0.3) is 0 Å². The fourth-order valence-electron chi connectivity index (χ4n) is 0.671. The molecule has 0 radical (unpaired) electrons.